The molecule has 12 heteroatoms. The van der Waals surface area contributed by atoms with Crippen LogP contribution in [-0.4, -0.2) is 46.9 Å². The van der Waals surface area contributed by atoms with Crippen molar-refractivity contribution in [2.24, 2.45) is 4.99 Å². The number of aromatic nitrogens is 4. The van der Waals surface area contributed by atoms with Crippen molar-refractivity contribution in [2.75, 3.05) is 11.9 Å². The first-order valence-electron chi connectivity index (χ1n) is 8.36. The van der Waals surface area contributed by atoms with Gasteiger partial charge in [0, 0.05) is 11.3 Å². The lowest BCUT2D eigenvalue weighted by atomic mass is 10.2. The highest BCUT2D eigenvalue weighted by molar-refractivity contribution is 7.90. The SMILES string of the molecule is Cc1nnnn1-c1cc(NC(=O)CN=C2NS(=O)(=O)c3ccccc32)ccc1F. The smallest absolute Gasteiger partial charge is 0.263 e. The Kier molecular flexibility index (Phi) is 4.54. The van der Waals surface area contributed by atoms with Crippen LogP contribution < -0.4 is 10.0 Å². The van der Waals surface area contributed by atoms with Gasteiger partial charge in [-0.15, -0.1) is 5.10 Å². The second kappa shape index (κ2) is 7.05. The summed E-state index contributed by atoms with van der Waals surface area (Å²) in [6.07, 6.45) is 0. The maximum absolute atomic E-state index is 14.1. The van der Waals surface area contributed by atoms with Crippen LogP contribution in [0.3, 0.4) is 0 Å². The molecule has 1 aliphatic heterocycles. The molecule has 1 amide bonds. The van der Waals surface area contributed by atoms with Gasteiger partial charge in [0.25, 0.3) is 10.0 Å². The monoisotopic (exact) mass is 415 g/mol. The first kappa shape index (κ1) is 18.7. The lowest BCUT2D eigenvalue weighted by molar-refractivity contribution is -0.114. The zero-order valence-corrected chi connectivity index (χ0v) is 15.8. The number of halogens is 1. The number of tetrazole rings is 1. The van der Waals surface area contributed by atoms with Crippen LogP contribution in [0.1, 0.15) is 11.4 Å². The lowest BCUT2D eigenvalue weighted by Gasteiger charge is -2.08. The zero-order chi connectivity index (χ0) is 20.6. The van der Waals surface area contributed by atoms with Crippen molar-refractivity contribution in [1.82, 2.24) is 24.9 Å². The van der Waals surface area contributed by atoms with Crippen molar-refractivity contribution in [3.8, 4) is 5.69 Å². The molecular formula is C17H14FN7O3S. The molecule has 3 aromatic rings. The molecular weight excluding hydrogens is 401 g/mol. The molecule has 0 radical (unpaired) electrons. The van der Waals surface area contributed by atoms with Gasteiger partial charge in [0.1, 0.15) is 23.9 Å². The molecule has 1 aliphatic rings. The van der Waals surface area contributed by atoms with E-state index in [1.807, 2.05) is 0 Å². The van der Waals surface area contributed by atoms with E-state index in [0.29, 0.717) is 17.1 Å². The molecule has 148 valence electrons. The number of carbonyl (C=O) groups is 1. The van der Waals surface area contributed by atoms with E-state index in [1.165, 1.54) is 28.9 Å². The summed E-state index contributed by atoms with van der Waals surface area (Å²) >= 11 is 0. The van der Waals surface area contributed by atoms with Gasteiger partial charge in [0.2, 0.25) is 5.91 Å². The zero-order valence-electron chi connectivity index (χ0n) is 15.0. The molecule has 0 unspecified atom stereocenters. The maximum Gasteiger partial charge on any atom is 0.263 e. The Hall–Kier alpha value is -3.67. The Morgan fingerprint density at radius 2 is 2.07 bits per heavy atom. The number of hydrogen-bond acceptors (Lipinski definition) is 7. The summed E-state index contributed by atoms with van der Waals surface area (Å²) < 4.78 is 41.8. The third-order valence-corrected chi connectivity index (χ3v) is 5.52. The van der Waals surface area contributed by atoms with E-state index in [9.17, 15) is 17.6 Å². The number of hydrogen-bond donors (Lipinski definition) is 2. The van der Waals surface area contributed by atoms with Crippen LogP contribution in [0.25, 0.3) is 5.69 Å². The summed E-state index contributed by atoms with van der Waals surface area (Å²) in [6.45, 7) is 1.28. The van der Waals surface area contributed by atoms with E-state index in [1.54, 1.807) is 25.1 Å². The van der Waals surface area contributed by atoms with Crippen LogP contribution in [-0.2, 0) is 14.8 Å². The molecule has 1 aromatic heterocycles. The Bertz CT molecular complexity index is 1250. The van der Waals surface area contributed by atoms with Crippen LogP contribution in [0, 0.1) is 12.7 Å². The van der Waals surface area contributed by atoms with Gasteiger partial charge in [-0.05, 0) is 47.7 Å². The number of rotatable bonds is 4. The Morgan fingerprint density at radius 3 is 2.83 bits per heavy atom. The number of amidine groups is 1. The molecule has 29 heavy (non-hydrogen) atoms. The Balaban J connectivity index is 1.52. The summed E-state index contributed by atoms with van der Waals surface area (Å²) in [5, 5.41) is 13.5. The van der Waals surface area contributed by atoms with Crippen LogP contribution in [0.2, 0.25) is 0 Å². The van der Waals surface area contributed by atoms with Gasteiger partial charge in [-0.3, -0.25) is 14.5 Å². The van der Waals surface area contributed by atoms with Gasteiger partial charge in [0.05, 0.1) is 4.90 Å². The van der Waals surface area contributed by atoms with Gasteiger partial charge in [-0.25, -0.2) is 12.8 Å². The second-order valence-electron chi connectivity index (χ2n) is 6.12. The number of sulfonamides is 1. The predicted molar refractivity (Wildman–Crippen MR) is 101 cm³/mol. The van der Waals surface area contributed by atoms with E-state index < -0.39 is 21.7 Å². The number of carbonyl (C=O) groups excluding carboxylic acids is 1. The molecule has 0 spiro atoms. The molecule has 0 saturated heterocycles. The van der Waals surface area contributed by atoms with Crippen LogP contribution >= 0.6 is 0 Å². The first-order chi connectivity index (χ1) is 13.8. The molecule has 0 aliphatic carbocycles. The highest BCUT2D eigenvalue weighted by atomic mass is 32.2. The number of nitrogens with zero attached hydrogens (tertiary/aromatic N) is 5. The van der Waals surface area contributed by atoms with Crippen LogP contribution in [0.5, 0.6) is 0 Å². The molecule has 0 bridgehead atoms. The number of fused-ring (bicyclic) bond motifs is 1. The van der Waals surface area contributed by atoms with Crippen molar-refractivity contribution in [3.05, 3.63) is 59.7 Å². The minimum Gasteiger partial charge on any atom is -0.324 e. The number of amides is 1. The van der Waals surface area contributed by atoms with Gasteiger partial charge >= 0.3 is 0 Å². The topological polar surface area (TPSA) is 131 Å². The number of aryl methyl sites for hydroxylation is 1. The van der Waals surface area contributed by atoms with E-state index in [4.69, 9.17) is 0 Å². The first-order valence-corrected chi connectivity index (χ1v) is 9.85. The minimum atomic E-state index is -3.68. The highest BCUT2D eigenvalue weighted by Crippen LogP contribution is 2.22. The second-order valence-corrected chi connectivity index (χ2v) is 7.77. The van der Waals surface area contributed by atoms with Crippen molar-refractivity contribution >= 4 is 27.5 Å². The summed E-state index contributed by atoms with van der Waals surface area (Å²) in [7, 11) is -3.68. The Labute approximate surface area is 164 Å². The summed E-state index contributed by atoms with van der Waals surface area (Å²) in [5.41, 5.74) is 0.793. The van der Waals surface area contributed by atoms with Crippen molar-refractivity contribution in [3.63, 3.8) is 0 Å². The van der Waals surface area contributed by atoms with Gasteiger partial charge < -0.3 is 5.32 Å². The van der Waals surface area contributed by atoms with Gasteiger partial charge in [0.15, 0.2) is 5.82 Å². The minimum absolute atomic E-state index is 0.0779. The fourth-order valence-corrected chi connectivity index (χ4v) is 4.06. The van der Waals surface area contributed by atoms with Crippen LogP contribution in [0.15, 0.2) is 52.4 Å². The van der Waals surface area contributed by atoms with E-state index in [-0.39, 0.29) is 23.0 Å². The van der Waals surface area contributed by atoms with Gasteiger partial charge in [-0.1, -0.05) is 12.1 Å². The standard InChI is InChI=1S/C17H14FN7O3S/c1-10-21-23-24-25(10)14-8-11(6-7-13(14)18)20-16(26)9-19-17-12-4-2-3-5-15(12)29(27,28)22-17/h2-8H,9H2,1H3,(H,19,22)(H,20,26). The molecule has 2 aromatic carbocycles. The number of aliphatic imine (C=N–C) groups is 1. The van der Waals surface area contributed by atoms with Crippen molar-refractivity contribution in [1.29, 1.82) is 0 Å². The normalized spacial score (nSPS) is 15.7. The largest absolute Gasteiger partial charge is 0.324 e. The highest BCUT2D eigenvalue weighted by Gasteiger charge is 2.30. The fourth-order valence-electron chi connectivity index (χ4n) is 2.81. The van der Waals surface area contributed by atoms with E-state index >= 15 is 0 Å². The third kappa shape index (κ3) is 3.57. The summed E-state index contributed by atoms with van der Waals surface area (Å²) in [4.78, 5) is 16.4. The van der Waals surface area contributed by atoms with Gasteiger partial charge in [-0.2, -0.15) is 4.68 Å². The molecule has 0 fully saturated rings. The van der Waals surface area contributed by atoms with Crippen molar-refractivity contribution in [2.45, 2.75) is 11.8 Å². The van der Waals surface area contributed by atoms with Crippen LogP contribution in [0.4, 0.5) is 10.1 Å². The average molecular weight is 415 g/mol. The predicted octanol–water partition coefficient (Wildman–Crippen LogP) is 0.787. The number of nitrogens with one attached hydrogen (secondary N) is 2. The third-order valence-electron chi connectivity index (χ3n) is 4.13. The molecule has 2 N–H and O–H groups in total. The van der Waals surface area contributed by atoms with E-state index in [0.717, 1.165) is 0 Å². The molecule has 2 heterocycles. The summed E-state index contributed by atoms with van der Waals surface area (Å²) in [5.74, 6) is -0.589. The average Bonchev–Trinajstić information content (AvgIpc) is 3.23. The molecule has 4 rings (SSSR count). The lowest BCUT2D eigenvalue weighted by Crippen LogP contribution is -2.24. The number of benzene rings is 2. The van der Waals surface area contributed by atoms with Crippen molar-refractivity contribution < 1.29 is 17.6 Å². The van der Waals surface area contributed by atoms with E-state index in [2.05, 4.69) is 30.6 Å². The molecule has 10 nitrogen and oxygen atoms in total. The maximum atomic E-state index is 14.1. The molecule has 0 atom stereocenters. The quantitative estimate of drug-likeness (QED) is 0.648. The molecule has 0 saturated carbocycles. The number of anilines is 1. The Morgan fingerprint density at radius 1 is 1.28 bits per heavy atom. The summed E-state index contributed by atoms with van der Waals surface area (Å²) in [6, 6.07) is 10.3. The fraction of sp³-hybridized carbons (Fsp3) is 0.118.